The molecule has 0 aliphatic rings. The second-order valence-corrected chi connectivity index (χ2v) is 7.81. The van der Waals surface area contributed by atoms with Gasteiger partial charge < -0.3 is 10.5 Å². The molecule has 2 rings (SSSR count). The van der Waals surface area contributed by atoms with Gasteiger partial charge in [-0.25, -0.2) is 4.98 Å². The zero-order valence-corrected chi connectivity index (χ0v) is 19.7. The van der Waals surface area contributed by atoms with Gasteiger partial charge in [0.05, 0.1) is 0 Å². The Kier molecular flexibility index (Phi) is 13.3. The van der Waals surface area contributed by atoms with Crippen molar-refractivity contribution in [2.24, 2.45) is 5.73 Å². The molecule has 1 aromatic carbocycles. The molecule has 166 valence electrons. The molecule has 0 atom stereocenters. The van der Waals surface area contributed by atoms with Crippen LogP contribution in [0.2, 0.25) is 0 Å². The van der Waals surface area contributed by atoms with Crippen molar-refractivity contribution in [1.29, 1.82) is 0 Å². The Labute approximate surface area is 184 Å². The highest BCUT2D eigenvalue weighted by atomic mass is 16.5. The van der Waals surface area contributed by atoms with Crippen molar-refractivity contribution in [2.75, 3.05) is 0 Å². The predicted molar refractivity (Wildman–Crippen MR) is 131 cm³/mol. The monoisotopic (exact) mass is 410 g/mol. The number of hydrogen-bond acceptors (Lipinski definition) is 3. The van der Waals surface area contributed by atoms with Gasteiger partial charge in [-0.3, -0.25) is 0 Å². The van der Waals surface area contributed by atoms with Crippen LogP contribution in [0.3, 0.4) is 0 Å². The summed E-state index contributed by atoms with van der Waals surface area (Å²) < 4.78 is 5.88. The summed E-state index contributed by atoms with van der Waals surface area (Å²) in [6, 6.07) is 10.0. The fourth-order valence-corrected chi connectivity index (χ4v) is 3.24. The zero-order chi connectivity index (χ0) is 22.2. The van der Waals surface area contributed by atoms with E-state index < -0.39 is 0 Å². The van der Waals surface area contributed by atoms with Gasteiger partial charge in [-0.1, -0.05) is 85.3 Å². The molecular weight excluding hydrogens is 368 g/mol. The third kappa shape index (κ3) is 9.96. The van der Waals surface area contributed by atoms with E-state index in [1.165, 1.54) is 62.5 Å². The van der Waals surface area contributed by atoms with Gasteiger partial charge in [0.1, 0.15) is 5.75 Å². The molecule has 1 heterocycles. The molecule has 0 aliphatic carbocycles. The predicted octanol–water partition coefficient (Wildman–Crippen LogP) is 8.08. The fraction of sp³-hybridized carbons (Fsp3) is 0.519. The summed E-state index contributed by atoms with van der Waals surface area (Å²) in [5, 5.41) is 0. The molecule has 30 heavy (non-hydrogen) atoms. The molecule has 0 radical (unpaired) electrons. The van der Waals surface area contributed by atoms with E-state index in [0.29, 0.717) is 11.6 Å². The lowest BCUT2D eigenvalue weighted by atomic mass is 9.99. The van der Waals surface area contributed by atoms with Crippen LogP contribution in [0.1, 0.15) is 95.8 Å². The van der Waals surface area contributed by atoms with Crippen LogP contribution >= 0.6 is 0 Å². The Bertz CT molecular complexity index is 718. The van der Waals surface area contributed by atoms with E-state index in [-0.39, 0.29) is 0 Å². The summed E-state index contributed by atoms with van der Waals surface area (Å²) >= 11 is 0. The van der Waals surface area contributed by atoms with Crippen LogP contribution in [-0.4, -0.2) is 4.98 Å². The van der Waals surface area contributed by atoms with Crippen LogP contribution in [0.5, 0.6) is 11.6 Å². The normalized spacial score (nSPS) is 10.3. The largest absolute Gasteiger partial charge is 0.439 e. The molecule has 1 aromatic heterocycles. The summed E-state index contributed by atoms with van der Waals surface area (Å²) in [5.74, 6) is 1.40. The molecule has 0 fully saturated rings. The van der Waals surface area contributed by atoms with Crippen molar-refractivity contribution in [2.45, 2.75) is 91.9 Å². The van der Waals surface area contributed by atoms with Gasteiger partial charge >= 0.3 is 0 Å². The highest BCUT2D eigenvalue weighted by Gasteiger charge is 2.06. The average molecular weight is 411 g/mol. The van der Waals surface area contributed by atoms with Crippen LogP contribution in [0.15, 0.2) is 43.1 Å². The smallest absolute Gasteiger partial charge is 0.219 e. The number of nitrogens with zero attached hydrogens (tertiary/aromatic N) is 1. The van der Waals surface area contributed by atoms with Gasteiger partial charge in [-0.2, -0.15) is 0 Å². The van der Waals surface area contributed by atoms with E-state index in [1.807, 2.05) is 18.2 Å². The quantitative estimate of drug-likeness (QED) is 0.360. The summed E-state index contributed by atoms with van der Waals surface area (Å²) in [5.41, 5.74) is 9.76. The SMILES string of the molecule is C=C(N)c1ccc(Oc2ccc(CC)c(CCCCC)c2)nc1.CCCCCCC. The first-order valence-electron chi connectivity index (χ1n) is 11.8. The van der Waals surface area contributed by atoms with Crippen LogP contribution < -0.4 is 10.5 Å². The third-order valence-corrected chi connectivity index (χ3v) is 5.14. The van der Waals surface area contributed by atoms with Crippen molar-refractivity contribution in [3.63, 3.8) is 0 Å². The molecule has 0 bridgehead atoms. The molecule has 0 saturated carbocycles. The second kappa shape index (κ2) is 15.5. The molecular formula is C27H42N2O. The number of aryl methyl sites for hydroxylation is 2. The van der Waals surface area contributed by atoms with Gasteiger partial charge in [-0.05, 0) is 48.6 Å². The number of aromatic nitrogens is 1. The number of rotatable bonds is 12. The van der Waals surface area contributed by atoms with Crippen molar-refractivity contribution in [1.82, 2.24) is 4.98 Å². The van der Waals surface area contributed by atoms with E-state index in [0.717, 1.165) is 24.2 Å². The summed E-state index contributed by atoms with van der Waals surface area (Å²) in [7, 11) is 0. The van der Waals surface area contributed by atoms with Gasteiger partial charge in [0, 0.05) is 23.5 Å². The Morgan fingerprint density at radius 3 is 2.07 bits per heavy atom. The number of nitrogens with two attached hydrogens (primary N) is 1. The molecule has 0 amide bonds. The minimum absolute atomic E-state index is 0.509. The lowest BCUT2D eigenvalue weighted by Crippen LogP contribution is -1.97. The molecule has 2 aromatic rings. The first kappa shape index (κ1) is 25.7. The van der Waals surface area contributed by atoms with Crippen LogP contribution in [0, 0.1) is 0 Å². The Morgan fingerprint density at radius 2 is 1.53 bits per heavy atom. The summed E-state index contributed by atoms with van der Waals surface area (Å²) in [6.45, 7) is 12.6. The molecule has 0 saturated heterocycles. The Hall–Kier alpha value is -2.29. The number of hydrogen-bond donors (Lipinski definition) is 1. The van der Waals surface area contributed by atoms with E-state index in [1.54, 1.807) is 6.20 Å². The number of unbranched alkanes of at least 4 members (excludes halogenated alkanes) is 6. The number of benzene rings is 1. The molecule has 0 aliphatic heterocycles. The lowest BCUT2D eigenvalue weighted by Gasteiger charge is -2.11. The second-order valence-electron chi connectivity index (χ2n) is 7.81. The Morgan fingerprint density at radius 1 is 0.867 bits per heavy atom. The van der Waals surface area contributed by atoms with Gasteiger partial charge in [0.25, 0.3) is 0 Å². The van der Waals surface area contributed by atoms with Crippen molar-refractivity contribution in [3.8, 4) is 11.6 Å². The number of pyridine rings is 1. The van der Waals surface area contributed by atoms with Crippen molar-refractivity contribution < 1.29 is 4.74 Å². The first-order chi connectivity index (χ1) is 14.5. The van der Waals surface area contributed by atoms with Crippen LogP contribution in [0.4, 0.5) is 0 Å². The van der Waals surface area contributed by atoms with Gasteiger partial charge in [0.15, 0.2) is 0 Å². The van der Waals surface area contributed by atoms with E-state index in [2.05, 4.69) is 51.4 Å². The minimum Gasteiger partial charge on any atom is -0.439 e. The van der Waals surface area contributed by atoms with Crippen molar-refractivity contribution in [3.05, 3.63) is 59.8 Å². The summed E-state index contributed by atoms with van der Waals surface area (Å²) in [4.78, 5) is 4.28. The highest BCUT2D eigenvalue weighted by molar-refractivity contribution is 5.59. The standard InChI is InChI=1S/C20H26N2O.C7H16/c1-4-6-7-8-17-13-19(11-9-16(17)5-2)23-20-12-10-18(14-22-20)15(3)21;1-3-5-7-6-4-2/h9-14H,3-8,21H2,1-2H3;3-7H2,1-2H3. The summed E-state index contributed by atoms with van der Waals surface area (Å²) in [6.07, 6.45) is 14.6. The van der Waals surface area contributed by atoms with Crippen LogP contribution in [0.25, 0.3) is 5.70 Å². The Balaban J connectivity index is 0.000000553. The third-order valence-electron chi connectivity index (χ3n) is 5.14. The van der Waals surface area contributed by atoms with Gasteiger partial charge in [-0.15, -0.1) is 0 Å². The topological polar surface area (TPSA) is 48.1 Å². The number of ether oxygens (including phenoxy) is 1. The van der Waals surface area contributed by atoms with E-state index >= 15 is 0 Å². The molecule has 3 nitrogen and oxygen atoms in total. The maximum absolute atomic E-state index is 5.88. The zero-order valence-electron chi connectivity index (χ0n) is 19.7. The average Bonchev–Trinajstić information content (AvgIpc) is 2.75. The molecule has 0 unspecified atom stereocenters. The van der Waals surface area contributed by atoms with Crippen LogP contribution in [-0.2, 0) is 12.8 Å². The fourth-order valence-electron chi connectivity index (χ4n) is 3.24. The lowest BCUT2D eigenvalue weighted by molar-refractivity contribution is 0.462. The van der Waals surface area contributed by atoms with E-state index in [4.69, 9.17) is 10.5 Å². The molecule has 3 heteroatoms. The molecule has 2 N–H and O–H groups in total. The maximum Gasteiger partial charge on any atom is 0.219 e. The molecule has 0 spiro atoms. The maximum atomic E-state index is 5.88. The van der Waals surface area contributed by atoms with Crippen molar-refractivity contribution >= 4 is 5.70 Å². The van der Waals surface area contributed by atoms with E-state index in [9.17, 15) is 0 Å². The van der Waals surface area contributed by atoms with Gasteiger partial charge in [0.2, 0.25) is 5.88 Å². The highest BCUT2D eigenvalue weighted by Crippen LogP contribution is 2.25. The first-order valence-corrected chi connectivity index (χ1v) is 11.8. The minimum atomic E-state index is 0.509.